The van der Waals surface area contributed by atoms with Gasteiger partial charge in [-0.25, -0.2) is 0 Å². The molecule has 0 spiro atoms. The summed E-state index contributed by atoms with van der Waals surface area (Å²) in [6.07, 6.45) is -2.32. The molecule has 5 heteroatoms. The van der Waals surface area contributed by atoms with E-state index >= 15 is 0 Å². The molecule has 1 aromatic heterocycles. The van der Waals surface area contributed by atoms with Crippen LogP contribution in [0.3, 0.4) is 0 Å². The normalized spacial score (nSPS) is 14.6. The van der Waals surface area contributed by atoms with E-state index in [1.807, 2.05) is 37.3 Å². The molecule has 136 valence electrons. The maximum Gasteiger partial charge on any atom is 0.417 e. The minimum Gasteiger partial charge on any atom is -0.464 e. The van der Waals surface area contributed by atoms with Gasteiger partial charge in [-0.2, -0.15) is 13.2 Å². The first-order valence-electron chi connectivity index (χ1n) is 8.52. The fraction of sp³-hybridized carbons (Fsp3) is 0.136. The summed E-state index contributed by atoms with van der Waals surface area (Å²) in [5.74, 6) is 0.187. The lowest BCUT2D eigenvalue weighted by atomic mass is 10.0. The highest BCUT2D eigenvalue weighted by Gasteiger charge is 2.34. The predicted octanol–water partition coefficient (Wildman–Crippen LogP) is 6.59. The SMILES string of the molecule is CC1=C(c2ccccc2)N=C(c2coc(-c3ccccc3C(F)(F)F)c2)C1. The Kier molecular flexibility index (Phi) is 4.22. The molecule has 0 fully saturated rings. The molecule has 2 heterocycles. The van der Waals surface area contributed by atoms with Gasteiger partial charge < -0.3 is 4.42 Å². The molecule has 0 bridgehead atoms. The highest BCUT2D eigenvalue weighted by Crippen LogP contribution is 2.38. The number of allylic oxidation sites excluding steroid dienone is 1. The molecule has 27 heavy (non-hydrogen) atoms. The second-order valence-electron chi connectivity index (χ2n) is 6.47. The first-order valence-corrected chi connectivity index (χ1v) is 8.52. The maximum atomic E-state index is 13.3. The highest BCUT2D eigenvalue weighted by molar-refractivity contribution is 6.08. The van der Waals surface area contributed by atoms with Gasteiger partial charge in [-0.3, -0.25) is 4.99 Å². The van der Waals surface area contributed by atoms with Crippen LogP contribution in [0.2, 0.25) is 0 Å². The van der Waals surface area contributed by atoms with Crippen LogP contribution < -0.4 is 0 Å². The molecule has 4 rings (SSSR count). The Hall–Kier alpha value is -3.08. The summed E-state index contributed by atoms with van der Waals surface area (Å²) in [4.78, 5) is 4.70. The molecule has 1 aliphatic rings. The molecule has 0 saturated heterocycles. The van der Waals surface area contributed by atoms with Crippen molar-refractivity contribution in [1.82, 2.24) is 0 Å². The molecular formula is C22H16F3NO. The van der Waals surface area contributed by atoms with Gasteiger partial charge in [0.05, 0.1) is 17.0 Å². The zero-order chi connectivity index (χ0) is 19.0. The topological polar surface area (TPSA) is 25.5 Å². The van der Waals surface area contributed by atoms with E-state index in [4.69, 9.17) is 9.41 Å². The lowest BCUT2D eigenvalue weighted by Gasteiger charge is -2.10. The van der Waals surface area contributed by atoms with Gasteiger partial charge >= 0.3 is 6.18 Å². The van der Waals surface area contributed by atoms with Gasteiger partial charge in [0.25, 0.3) is 0 Å². The van der Waals surface area contributed by atoms with E-state index in [1.54, 1.807) is 12.1 Å². The Labute approximate surface area is 154 Å². The molecule has 0 amide bonds. The number of aliphatic imine (C=N–C) groups is 1. The Morgan fingerprint density at radius 2 is 1.63 bits per heavy atom. The largest absolute Gasteiger partial charge is 0.464 e. The molecule has 0 saturated carbocycles. The van der Waals surface area contributed by atoms with Gasteiger partial charge in [-0.15, -0.1) is 0 Å². The standard InChI is InChI=1S/C22H16F3NO/c1-14-11-19(26-21(14)15-7-3-2-4-8-15)16-12-20(27-13-16)17-9-5-6-10-18(17)22(23,24)25/h2-10,12-13H,11H2,1H3. The van der Waals surface area contributed by atoms with Crippen LogP contribution in [0.25, 0.3) is 17.0 Å². The number of hydrogen-bond acceptors (Lipinski definition) is 2. The zero-order valence-electron chi connectivity index (χ0n) is 14.5. The van der Waals surface area contributed by atoms with Gasteiger partial charge in [0.1, 0.15) is 12.0 Å². The zero-order valence-corrected chi connectivity index (χ0v) is 14.5. The third-order valence-electron chi connectivity index (χ3n) is 4.56. The number of alkyl halides is 3. The van der Waals surface area contributed by atoms with Gasteiger partial charge in [0, 0.05) is 23.1 Å². The lowest BCUT2D eigenvalue weighted by molar-refractivity contribution is -0.137. The van der Waals surface area contributed by atoms with E-state index in [2.05, 4.69) is 0 Å². The minimum atomic E-state index is -4.44. The fourth-order valence-electron chi connectivity index (χ4n) is 3.25. The smallest absolute Gasteiger partial charge is 0.417 e. The number of hydrogen-bond donors (Lipinski definition) is 0. The van der Waals surface area contributed by atoms with Crippen LogP contribution in [0.4, 0.5) is 13.2 Å². The highest BCUT2D eigenvalue weighted by atomic mass is 19.4. The molecule has 0 radical (unpaired) electrons. The summed E-state index contributed by atoms with van der Waals surface area (Å²) in [6.45, 7) is 2.01. The Morgan fingerprint density at radius 3 is 2.37 bits per heavy atom. The van der Waals surface area contributed by atoms with Crippen molar-refractivity contribution in [1.29, 1.82) is 0 Å². The average Bonchev–Trinajstić information content (AvgIpc) is 3.28. The second kappa shape index (κ2) is 6.58. The molecule has 0 unspecified atom stereocenters. The fourth-order valence-corrected chi connectivity index (χ4v) is 3.25. The summed E-state index contributed by atoms with van der Waals surface area (Å²) in [5, 5.41) is 0. The first-order chi connectivity index (χ1) is 12.9. The van der Waals surface area contributed by atoms with E-state index < -0.39 is 11.7 Å². The van der Waals surface area contributed by atoms with Gasteiger partial charge in [-0.05, 0) is 24.6 Å². The molecule has 3 aromatic rings. The number of halogens is 3. The van der Waals surface area contributed by atoms with Crippen LogP contribution in [0.1, 0.15) is 30.0 Å². The molecule has 0 atom stereocenters. The van der Waals surface area contributed by atoms with Crippen molar-refractivity contribution in [3.63, 3.8) is 0 Å². The summed E-state index contributed by atoms with van der Waals surface area (Å²) in [5.41, 5.74) is 3.87. The Morgan fingerprint density at radius 1 is 0.926 bits per heavy atom. The molecule has 2 nitrogen and oxygen atoms in total. The van der Waals surface area contributed by atoms with Crippen molar-refractivity contribution in [2.75, 3.05) is 0 Å². The molecule has 0 aliphatic carbocycles. The van der Waals surface area contributed by atoms with Crippen LogP contribution in [-0.4, -0.2) is 5.71 Å². The number of benzene rings is 2. The third-order valence-corrected chi connectivity index (χ3v) is 4.56. The molecule has 1 aliphatic heterocycles. The van der Waals surface area contributed by atoms with Gasteiger partial charge in [0.2, 0.25) is 0 Å². The van der Waals surface area contributed by atoms with Crippen LogP contribution in [0, 0.1) is 0 Å². The maximum absolute atomic E-state index is 13.3. The van der Waals surface area contributed by atoms with E-state index in [1.165, 1.54) is 18.4 Å². The molecule has 0 N–H and O–H groups in total. The van der Waals surface area contributed by atoms with E-state index in [0.29, 0.717) is 12.0 Å². The minimum absolute atomic E-state index is 0.0304. The van der Waals surface area contributed by atoms with E-state index in [9.17, 15) is 13.2 Å². The average molecular weight is 367 g/mol. The quantitative estimate of drug-likeness (QED) is 0.513. The molecule has 2 aromatic carbocycles. The summed E-state index contributed by atoms with van der Waals surface area (Å²) in [7, 11) is 0. The first kappa shape index (κ1) is 17.3. The van der Waals surface area contributed by atoms with Crippen LogP contribution in [0.5, 0.6) is 0 Å². The Balaban J connectivity index is 1.68. The van der Waals surface area contributed by atoms with Crippen LogP contribution >= 0.6 is 0 Å². The van der Waals surface area contributed by atoms with Crippen molar-refractivity contribution < 1.29 is 17.6 Å². The van der Waals surface area contributed by atoms with E-state index in [-0.39, 0.29) is 11.3 Å². The van der Waals surface area contributed by atoms with Gasteiger partial charge in [0.15, 0.2) is 0 Å². The molecular weight excluding hydrogens is 351 g/mol. The van der Waals surface area contributed by atoms with Crippen molar-refractivity contribution >= 4 is 11.4 Å². The second-order valence-corrected chi connectivity index (χ2v) is 6.47. The lowest BCUT2D eigenvalue weighted by Crippen LogP contribution is -2.06. The summed E-state index contributed by atoms with van der Waals surface area (Å²) >= 11 is 0. The van der Waals surface area contributed by atoms with Crippen molar-refractivity contribution in [2.24, 2.45) is 4.99 Å². The number of rotatable bonds is 3. The van der Waals surface area contributed by atoms with E-state index in [0.717, 1.165) is 28.6 Å². The van der Waals surface area contributed by atoms with Crippen molar-refractivity contribution in [3.05, 3.63) is 89.2 Å². The predicted molar refractivity (Wildman–Crippen MR) is 99.3 cm³/mol. The van der Waals surface area contributed by atoms with Gasteiger partial charge in [-0.1, -0.05) is 48.5 Å². The summed E-state index contributed by atoms with van der Waals surface area (Å²) in [6, 6.07) is 16.9. The van der Waals surface area contributed by atoms with Crippen LogP contribution in [0.15, 0.2) is 81.9 Å². The Bertz CT molecular complexity index is 1040. The monoisotopic (exact) mass is 367 g/mol. The number of furan rings is 1. The van der Waals surface area contributed by atoms with Crippen molar-refractivity contribution in [3.8, 4) is 11.3 Å². The van der Waals surface area contributed by atoms with Crippen LogP contribution in [-0.2, 0) is 6.18 Å². The number of nitrogens with zero attached hydrogens (tertiary/aromatic N) is 1. The summed E-state index contributed by atoms with van der Waals surface area (Å²) < 4.78 is 45.3. The third kappa shape index (κ3) is 3.33. The van der Waals surface area contributed by atoms with Crippen molar-refractivity contribution in [2.45, 2.75) is 19.5 Å².